The molecular formula is C51H33N3O. The first-order valence-corrected chi connectivity index (χ1v) is 18.6. The number of aromatic nitrogens is 2. The molecule has 4 nitrogen and oxygen atoms in total. The quantitative estimate of drug-likeness (QED) is 0.173. The maximum absolute atomic E-state index is 6.26. The summed E-state index contributed by atoms with van der Waals surface area (Å²) in [4.78, 5) is 6.76. The lowest BCUT2D eigenvalue weighted by molar-refractivity contribution is 0.655. The van der Waals surface area contributed by atoms with Gasteiger partial charge in [0.2, 0.25) is 5.71 Å². The molecular weight excluding hydrogens is 671 g/mol. The zero-order valence-corrected chi connectivity index (χ0v) is 29.8. The van der Waals surface area contributed by atoms with E-state index in [-0.39, 0.29) is 0 Å². The number of hydrogen-bond donors (Lipinski definition) is 0. The van der Waals surface area contributed by atoms with Gasteiger partial charge in [0.05, 0.1) is 11.0 Å². The molecule has 8 aromatic carbocycles. The molecule has 11 aromatic rings. The van der Waals surface area contributed by atoms with Crippen LogP contribution in [0.1, 0.15) is 0 Å². The van der Waals surface area contributed by atoms with Crippen LogP contribution in [0.3, 0.4) is 0 Å². The monoisotopic (exact) mass is 703 g/mol. The summed E-state index contributed by atoms with van der Waals surface area (Å²) in [6.45, 7) is 0. The third-order valence-corrected chi connectivity index (χ3v) is 10.8. The van der Waals surface area contributed by atoms with Gasteiger partial charge in [-0.1, -0.05) is 115 Å². The van der Waals surface area contributed by atoms with Crippen LogP contribution < -0.4 is 4.90 Å². The summed E-state index contributed by atoms with van der Waals surface area (Å²) in [5.41, 5.74) is 12.8. The van der Waals surface area contributed by atoms with Crippen LogP contribution in [-0.2, 0) is 0 Å². The molecule has 0 aliphatic carbocycles. The smallest absolute Gasteiger partial charge is 0.227 e. The molecule has 0 N–H and O–H groups in total. The van der Waals surface area contributed by atoms with Gasteiger partial charge in [-0.2, -0.15) is 0 Å². The minimum absolute atomic E-state index is 0.660. The number of rotatable bonds is 6. The molecule has 0 aliphatic rings. The second kappa shape index (κ2) is 12.6. The molecule has 0 saturated carbocycles. The van der Waals surface area contributed by atoms with Crippen molar-refractivity contribution < 1.29 is 4.42 Å². The molecule has 0 spiro atoms. The van der Waals surface area contributed by atoms with Crippen molar-refractivity contribution in [2.45, 2.75) is 0 Å². The fourth-order valence-corrected chi connectivity index (χ4v) is 8.24. The molecule has 0 saturated heterocycles. The number of furan rings is 1. The minimum atomic E-state index is 0.660. The highest BCUT2D eigenvalue weighted by Crippen LogP contribution is 2.40. The number of anilines is 3. The highest BCUT2D eigenvalue weighted by atomic mass is 16.3. The van der Waals surface area contributed by atoms with Crippen LogP contribution in [0.4, 0.5) is 17.1 Å². The van der Waals surface area contributed by atoms with Gasteiger partial charge in [-0.15, -0.1) is 0 Å². The number of nitrogens with zero attached hydrogens (tertiary/aromatic N) is 3. The van der Waals surface area contributed by atoms with Gasteiger partial charge in [0.1, 0.15) is 5.58 Å². The topological polar surface area (TPSA) is 34.2 Å². The van der Waals surface area contributed by atoms with Crippen molar-refractivity contribution in [1.29, 1.82) is 0 Å². The van der Waals surface area contributed by atoms with E-state index in [1.807, 2.05) is 6.07 Å². The summed E-state index contributed by atoms with van der Waals surface area (Å²) in [6, 6.07) is 69.4. The van der Waals surface area contributed by atoms with Crippen LogP contribution in [0.5, 0.6) is 0 Å². The predicted octanol–water partition coefficient (Wildman–Crippen LogP) is 14.0. The fourth-order valence-electron chi connectivity index (χ4n) is 8.24. The molecule has 4 heteroatoms. The Morgan fingerprint density at radius 3 is 1.89 bits per heavy atom. The van der Waals surface area contributed by atoms with E-state index in [2.05, 4.69) is 203 Å². The third kappa shape index (κ3) is 5.19. The average molecular weight is 704 g/mol. The standard InChI is InChI=1S/C51H33N3O/c1-2-14-39(15-3-1)53(41-28-24-35(25-29-41)43-18-9-19-45-46-20-10-30-52-51(46)55-50(43)45)40-26-22-34(23-27-40)36-13-8-16-42(31-36)54-48-21-7-6-17-44(48)47-32-37-11-4-5-12-38(37)33-49(47)54/h1-33H. The third-order valence-electron chi connectivity index (χ3n) is 10.8. The van der Waals surface area contributed by atoms with E-state index >= 15 is 0 Å². The lowest BCUT2D eigenvalue weighted by Crippen LogP contribution is -2.09. The normalized spacial score (nSPS) is 11.6. The number of benzene rings is 8. The van der Waals surface area contributed by atoms with Crippen LogP contribution >= 0.6 is 0 Å². The maximum Gasteiger partial charge on any atom is 0.227 e. The Morgan fingerprint density at radius 1 is 0.418 bits per heavy atom. The lowest BCUT2D eigenvalue weighted by Gasteiger charge is -2.26. The Kier molecular flexibility index (Phi) is 7.14. The number of pyridine rings is 1. The van der Waals surface area contributed by atoms with E-state index in [1.165, 1.54) is 38.1 Å². The summed E-state index contributed by atoms with van der Waals surface area (Å²) in [5, 5.41) is 7.12. The van der Waals surface area contributed by atoms with Crippen LogP contribution in [0, 0.1) is 0 Å². The molecule has 258 valence electrons. The van der Waals surface area contributed by atoms with E-state index in [1.54, 1.807) is 6.20 Å². The summed E-state index contributed by atoms with van der Waals surface area (Å²) in [7, 11) is 0. The van der Waals surface area contributed by atoms with E-state index in [4.69, 9.17) is 4.42 Å². The number of fused-ring (bicyclic) bond motifs is 7. The number of para-hydroxylation sites is 3. The molecule has 0 atom stereocenters. The number of hydrogen-bond acceptors (Lipinski definition) is 3. The summed E-state index contributed by atoms with van der Waals surface area (Å²) in [5.74, 6) is 0. The van der Waals surface area contributed by atoms with E-state index in [9.17, 15) is 0 Å². The SMILES string of the molecule is c1ccc(N(c2ccc(-c3cccc(-n4c5ccccc5c5cc6ccccc6cc54)c3)cc2)c2ccc(-c3cccc4c3oc3ncccc34)cc2)cc1. The Morgan fingerprint density at radius 2 is 1.07 bits per heavy atom. The lowest BCUT2D eigenvalue weighted by atomic mass is 10.0. The maximum atomic E-state index is 6.26. The molecule has 0 unspecified atom stereocenters. The zero-order valence-electron chi connectivity index (χ0n) is 29.8. The van der Waals surface area contributed by atoms with Crippen molar-refractivity contribution in [1.82, 2.24) is 9.55 Å². The van der Waals surface area contributed by atoms with E-state index < -0.39 is 0 Å². The first-order chi connectivity index (χ1) is 27.3. The molecule has 0 fully saturated rings. The Hall–Kier alpha value is -7.43. The molecule has 0 radical (unpaired) electrons. The first kappa shape index (κ1) is 31.1. The van der Waals surface area contributed by atoms with Gasteiger partial charge < -0.3 is 13.9 Å². The van der Waals surface area contributed by atoms with Crippen molar-refractivity contribution in [3.05, 3.63) is 200 Å². The minimum Gasteiger partial charge on any atom is -0.437 e. The molecule has 0 bridgehead atoms. The van der Waals surface area contributed by atoms with Crippen LogP contribution in [-0.4, -0.2) is 9.55 Å². The summed E-state index contributed by atoms with van der Waals surface area (Å²) >= 11 is 0. The summed E-state index contributed by atoms with van der Waals surface area (Å²) in [6.07, 6.45) is 1.77. The largest absolute Gasteiger partial charge is 0.437 e. The van der Waals surface area contributed by atoms with Gasteiger partial charge in [-0.25, -0.2) is 4.98 Å². The fraction of sp³-hybridized carbons (Fsp3) is 0. The molecule has 11 rings (SSSR count). The van der Waals surface area contributed by atoms with Crippen molar-refractivity contribution in [2.75, 3.05) is 4.90 Å². The molecule has 3 heterocycles. The highest BCUT2D eigenvalue weighted by molar-refractivity contribution is 6.13. The van der Waals surface area contributed by atoms with Crippen LogP contribution in [0.15, 0.2) is 205 Å². The molecule has 0 amide bonds. The van der Waals surface area contributed by atoms with Crippen molar-refractivity contribution in [3.63, 3.8) is 0 Å². The van der Waals surface area contributed by atoms with Gasteiger partial charge in [0.15, 0.2) is 0 Å². The second-order valence-electron chi connectivity index (χ2n) is 14.0. The van der Waals surface area contributed by atoms with Crippen molar-refractivity contribution in [2.24, 2.45) is 0 Å². The average Bonchev–Trinajstić information content (AvgIpc) is 3.79. The summed E-state index contributed by atoms with van der Waals surface area (Å²) < 4.78 is 8.66. The van der Waals surface area contributed by atoms with E-state index in [0.29, 0.717) is 5.71 Å². The Labute approximate surface area is 317 Å². The van der Waals surface area contributed by atoms with Gasteiger partial charge in [0.25, 0.3) is 0 Å². The van der Waals surface area contributed by atoms with Crippen LogP contribution in [0.2, 0.25) is 0 Å². The van der Waals surface area contributed by atoms with Crippen molar-refractivity contribution >= 4 is 71.7 Å². The van der Waals surface area contributed by atoms with Gasteiger partial charge in [-0.05, 0) is 106 Å². The van der Waals surface area contributed by atoms with Crippen LogP contribution in [0.25, 0.3) is 82.6 Å². The molecule has 3 aromatic heterocycles. The predicted molar refractivity (Wildman–Crippen MR) is 229 cm³/mol. The van der Waals surface area contributed by atoms with Gasteiger partial charge >= 0.3 is 0 Å². The second-order valence-corrected chi connectivity index (χ2v) is 14.0. The van der Waals surface area contributed by atoms with E-state index in [0.717, 1.165) is 55.8 Å². The Balaban J connectivity index is 0.962. The van der Waals surface area contributed by atoms with Gasteiger partial charge in [0, 0.05) is 56.1 Å². The molecule has 55 heavy (non-hydrogen) atoms. The molecule has 0 aliphatic heterocycles. The van der Waals surface area contributed by atoms with Gasteiger partial charge in [-0.3, -0.25) is 0 Å². The van der Waals surface area contributed by atoms with Crippen molar-refractivity contribution in [3.8, 4) is 27.9 Å². The zero-order chi connectivity index (χ0) is 36.3. The first-order valence-electron chi connectivity index (χ1n) is 18.6. The highest BCUT2D eigenvalue weighted by Gasteiger charge is 2.17. The Bertz CT molecular complexity index is 3190.